The van der Waals surface area contributed by atoms with E-state index < -0.39 is 36.3 Å². The average Bonchev–Trinajstić information content (AvgIpc) is 2.02. The zero-order valence-electron chi connectivity index (χ0n) is 6.31. The van der Waals surface area contributed by atoms with Gasteiger partial charge in [0.15, 0.2) is 0 Å². The highest BCUT2D eigenvalue weighted by atomic mass is 16.6. The first-order chi connectivity index (χ1) is 6.00. The molecule has 2 N–H and O–H groups in total. The Labute approximate surface area is 71.8 Å². The Hall–Kier alpha value is -1.76. The van der Waals surface area contributed by atoms with Crippen LogP contribution in [0.15, 0.2) is 0 Å². The standard InChI is InChI=1S/C6H5NO6/c7-2-1-3(8)12-5(10)6(11)13-4(2)9/h2H,1,7H2. The molecule has 70 valence electrons. The number of ether oxygens (including phenoxy) is 2. The molecule has 7 heteroatoms. The smallest absolute Gasteiger partial charge is 0.384 e. The molecule has 0 amide bonds. The molecule has 7 nitrogen and oxygen atoms in total. The van der Waals surface area contributed by atoms with E-state index in [-0.39, 0.29) is 0 Å². The van der Waals surface area contributed by atoms with E-state index in [0.717, 1.165) is 0 Å². The monoisotopic (exact) mass is 187 g/mol. The highest BCUT2D eigenvalue weighted by Gasteiger charge is 2.32. The summed E-state index contributed by atoms with van der Waals surface area (Å²) in [6, 6.07) is -1.27. The molecule has 0 aliphatic carbocycles. The number of hydrogen-bond donors (Lipinski definition) is 1. The van der Waals surface area contributed by atoms with Crippen LogP contribution in [0.2, 0.25) is 0 Å². The molecule has 0 aromatic rings. The zero-order valence-corrected chi connectivity index (χ0v) is 6.31. The normalized spacial score (nSPS) is 24.5. The van der Waals surface area contributed by atoms with Crippen LogP contribution >= 0.6 is 0 Å². The van der Waals surface area contributed by atoms with Crippen LogP contribution in [0.5, 0.6) is 0 Å². The van der Waals surface area contributed by atoms with Crippen molar-refractivity contribution in [1.82, 2.24) is 0 Å². The first-order valence-corrected chi connectivity index (χ1v) is 3.27. The lowest BCUT2D eigenvalue weighted by atomic mass is 10.2. The summed E-state index contributed by atoms with van der Waals surface area (Å²) in [6.45, 7) is 0. The molecule has 0 aromatic heterocycles. The van der Waals surface area contributed by atoms with E-state index >= 15 is 0 Å². The summed E-state index contributed by atoms with van der Waals surface area (Å²) in [6.07, 6.45) is -0.488. The molecule has 0 aromatic carbocycles. The fourth-order valence-electron chi connectivity index (χ4n) is 0.658. The molecule has 0 radical (unpaired) electrons. The summed E-state index contributed by atoms with van der Waals surface area (Å²) in [5.74, 6) is -5.18. The molecule has 0 saturated carbocycles. The first-order valence-electron chi connectivity index (χ1n) is 3.27. The van der Waals surface area contributed by atoms with Crippen LogP contribution in [-0.4, -0.2) is 29.9 Å². The van der Waals surface area contributed by atoms with E-state index in [9.17, 15) is 19.2 Å². The molecule has 1 rings (SSSR count). The summed E-state index contributed by atoms with van der Waals surface area (Å²) in [5.41, 5.74) is 5.11. The van der Waals surface area contributed by atoms with Gasteiger partial charge >= 0.3 is 23.9 Å². The molecular formula is C6H5NO6. The molecule has 1 atom stereocenters. The fourth-order valence-corrected chi connectivity index (χ4v) is 0.658. The Morgan fingerprint density at radius 1 is 1.08 bits per heavy atom. The third-order valence-corrected chi connectivity index (χ3v) is 1.26. The van der Waals surface area contributed by atoms with Crippen LogP contribution in [0.1, 0.15) is 6.42 Å². The number of rotatable bonds is 0. The maximum absolute atomic E-state index is 10.7. The van der Waals surface area contributed by atoms with E-state index in [1.165, 1.54) is 0 Å². The van der Waals surface area contributed by atoms with Gasteiger partial charge in [0.25, 0.3) is 0 Å². The Morgan fingerprint density at radius 2 is 1.62 bits per heavy atom. The first kappa shape index (κ1) is 9.33. The summed E-state index contributed by atoms with van der Waals surface area (Å²) in [4.78, 5) is 42.5. The molecule has 1 fully saturated rings. The maximum Gasteiger partial charge on any atom is 0.425 e. The third kappa shape index (κ3) is 2.09. The quantitative estimate of drug-likeness (QED) is 0.261. The highest BCUT2D eigenvalue weighted by Crippen LogP contribution is 2.01. The van der Waals surface area contributed by atoms with Crippen LogP contribution in [0.25, 0.3) is 0 Å². The summed E-state index contributed by atoms with van der Waals surface area (Å²) >= 11 is 0. The van der Waals surface area contributed by atoms with Crippen LogP contribution in [0, 0.1) is 0 Å². The van der Waals surface area contributed by atoms with Crippen LogP contribution in [0.4, 0.5) is 0 Å². The van der Waals surface area contributed by atoms with Crippen molar-refractivity contribution in [1.29, 1.82) is 0 Å². The molecule has 1 heterocycles. The van der Waals surface area contributed by atoms with Crippen molar-refractivity contribution in [2.24, 2.45) is 5.73 Å². The van der Waals surface area contributed by atoms with E-state index in [4.69, 9.17) is 5.73 Å². The number of carbonyl (C=O) groups is 4. The lowest BCUT2D eigenvalue weighted by Gasteiger charge is -2.11. The van der Waals surface area contributed by atoms with E-state index in [2.05, 4.69) is 9.47 Å². The number of nitrogens with two attached hydrogens (primary N) is 1. The van der Waals surface area contributed by atoms with Gasteiger partial charge < -0.3 is 15.2 Å². The van der Waals surface area contributed by atoms with Crippen LogP contribution in [-0.2, 0) is 28.7 Å². The third-order valence-electron chi connectivity index (χ3n) is 1.26. The topological polar surface area (TPSA) is 113 Å². The van der Waals surface area contributed by atoms with Gasteiger partial charge in [0.2, 0.25) is 0 Å². The van der Waals surface area contributed by atoms with Crippen molar-refractivity contribution >= 4 is 23.9 Å². The zero-order chi connectivity index (χ0) is 10.0. The van der Waals surface area contributed by atoms with Crippen molar-refractivity contribution in [3.05, 3.63) is 0 Å². The summed E-state index contributed by atoms with van der Waals surface area (Å²) in [5, 5.41) is 0. The van der Waals surface area contributed by atoms with E-state index in [0.29, 0.717) is 0 Å². The van der Waals surface area contributed by atoms with Gasteiger partial charge in [-0.15, -0.1) is 0 Å². The van der Waals surface area contributed by atoms with Gasteiger partial charge in [-0.1, -0.05) is 0 Å². The lowest BCUT2D eigenvalue weighted by Crippen LogP contribution is -2.41. The Balaban J connectivity index is 2.82. The molecule has 1 aliphatic heterocycles. The van der Waals surface area contributed by atoms with Crippen LogP contribution < -0.4 is 5.73 Å². The van der Waals surface area contributed by atoms with Gasteiger partial charge in [-0.05, 0) is 0 Å². The second-order valence-corrected chi connectivity index (χ2v) is 2.28. The second kappa shape index (κ2) is 3.31. The number of cyclic esters (lactones) is 4. The van der Waals surface area contributed by atoms with Gasteiger partial charge in [0.05, 0.1) is 6.42 Å². The van der Waals surface area contributed by atoms with Gasteiger partial charge in [0.1, 0.15) is 6.04 Å². The molecule has 1 aliphatic rings. The molecule has 13 heavy (non-hydrogen) atoms. The molecule has 0 bridgehead atoms. The van der Waals surface area contributed by atoms with Gasteiger partial charge in [-0.25, -0.2) is 14.4 Å². The van der Waals surface area contributed by atoms with Crippen molar-refractivity contribution in [2.45, 2.75) is 12.5 Å². The summed E-state index contributed by atoms with van der Waals surface area (Å²) < 4.78 is 7.87. The number of hydrogen-bond acceptors (Lipinski definition) is 7. The highest BCUT2D eigenvalue weighted by molar-refractivity contribution is 6.33. The molecular weight excluding hydrogens is 182 g/mol. The summed E-state index contributed by atoms with van der Waals surface area (Å²) in [7, 11) is 0. The molecule has 0 spiro atoms. The van der Waals surface area contributed by atoms with Crippen molar-refractivity contribution in [3.63, 3.8) is 0 Å². The van der Waals surface area contributed by atoms with E-state index in [1.807, 2.05) is 0 Å². The largest absolute Gasteiger partial charge is 0.425 e. The number of carbonyl (C=O) groups excluding carboxylic acids is 4. The predicted octanol–water partition coefficient (Wildman–Crippen LogP) is -2.14. The van der Waals surface area contributed by atoms with E-state index in [1.54, 1.807) is 0 Å². The average molecular weight is 187 g/mol. The second-order valence-electron chi connectivity index (χ2n) is 2.28. The number of esters is 4. The SMILES string of the molecule is NC1CC(=O)OC(=O)C(=O)OC1=O. The predicted molar refractivity (Wildman–Crippen MR) is 34.8 cm³/mol. The Morgan fingerprint density at radius 3 is 2.23 bits per heavy atom. The van der Waals surface area contributed by atoms with Crippen molar-refractivity contribution < 1.29 is 28.7 Å². The minimum atomic E-state index is -1.53. The van der Waals surface area contributed by atoms with Gasteiger partial charge in [-0.3, -0.25) is 4.79 Å². The fraction of sp³-hybridized carbons (Fsp3) is 0.333. The minimum absolute atomic E-state index is 0.488. The minimum Gasteiger partial charge on any atom is -0.384 e. The van der Waals surface area contributed by atoms with Crippen LogP contribution in [0.3, 0.4) is 0 Å². The van der Waals surface area contributed by atoms with Gasteiger partial charge in [-0.2, -0.15) is 0 Å². The van der Waals surface area contributed by atoms with Gasteiger partial charge in [0, 0.05) is 0 Å². The van der Waals surface area contributed by atoms with Crippen molar-refractivity contribution in [2.75, 3.05) is 0 Å². The molecule has 1 unspecified atom stereocenters. The van der Waals surface area contributed by atoms with Crippen molar-refractivity contribution in [3.8, 4) is 0 Å². The lowest BCUT2D eigenvalue weighted by molar-refractivity contribution is -0.181. The maximum atomic E-state index is 10.7. The Kier molecular flexibility index (Phi) is 2.38. The molecule has 1 saturated heterocycles. The Bertz CT molecular complexity index is 295.